The summed E-state index contributed by atoms with van der Waals surface area (Å²) in [5, 5.41) is 0. The number of hydrogen-bond acceptors (Lipinski definition) is 3. The summed E-state index contributed by atoms with van der Waals surface area (Å²) in [6.07, 6.45) is -3.20. The molecule has 0 bridgehead atoms. The fraction of sp³-hybridized carbons (Fsp3) is 0.500. The van der Waals surface area contributed by atoms with E-state index in [0.717, 1.165) is 6.42 Å². The number of fused-ring (bicyclic) bond motifs is 1. The molecule has 3 unspecified atom stereocenters. The minimum absolute atomic E-state index is 0. The third kappa shape index (κ3) is 3.30. The number of carbonyl (C=O) groups excluding carboxylic acids is 1. The van der Waals surface area contributed by atoms with Crippen molar-refractivity contribution in [3.63, 3.8) is 0 Å². The third-order valence-electron chi connectivity index (χ3n) is 4.11. The molecule has 4 nitrogen and oxygen atoms in total. The fourth-order valence-electron chi connectivity index (χ4n) is 3.26. The van der Waals surface area contributed by atoms with E-state index in [9.17, 15) is 18.0 Å². The van der Waals surface area contributed by atoms with Gasteiger partial charge in [-0.1, -0.05) is 0 Å². The highest BCUT2D eigenvalue weighted by Crippen LogP contribution is 2.40. The number of ether oxygens (including phenoxy) is 1. The van der Waals surface area contributed by atoms with Crippen LogP contribution in [0.4, 0.5) is 18.9 Å². The van der Waals surface area contributed by atoms with Crippen molar-refractivity contribution in [3.8, 4) is 5.75 Å². The number of anilines is 1. The van der Waals surface area contributed by atoms with Gasteiger partial charge in [-0.3, -0.25) is 4.79 Å². The number of halogens is 4. The number of hydrogen-bond donors (Lipinski definition) is 1. The maximum atomic E-state index is 12.3. The smallest absolute Gasteiger partial charge is 0.406 e. The summed E-state index contributed by atoms with van der Waals surface area (Å²) < 4.78 is 40.1. The molecule has 1 heterocycles. The lowest BCUT2D eigenvalue weighted by atomic mass is 10.0. The van der Waals surface area contributed by atoms with Crippen molar-refractivity contribution >= 4 is 24.0 Å². The number of alkyl halides is 3. The second-order valence-electron chi connectivity index (χ2n) is 5.59. The van der Waals surface area contributed by atoms with E-state index in [0.29, 0.717) is 18.7 Å². The van der Waals surface area contributed by atoms with E-state index >= 15 is 0 Å². The van der Waals surface area contributed by atoms with Gasteiger partial charge in [0.1, 0.15) is 5.75 Å². The maximum absolute atomic E-state index is 12.3. The summed E-state index contributed by atoms with van der Waals surface area (Å²) in [6.45, 7) is 0.580. The molecule has 2 aliphatic rings. The van der Waals surface area contributed by atoms with Gasteiger partial charge < -0.3 is 15.4 Å². The molecule has 8 heteroatoms. The Balaban J connectivity index is 0.00000176. The van der Waals surface area contributed by atoms with E-state index in [1.807, 2.05) is 0 Å². The van der Waals surface area contributed by atoms with Crippen LogP contribution in [0.25, 0.3) is 0 Å². The molecule has 2 N–H and O–H groups in total. The van der Waals surface area contributed by atoms with Gasteiger partial charge in [0.25, 0.3) is 0 Å². The molecule has 1 aromatic carbocycles. The Bertz CT molecular complexity index is 550. The number of rotatable bonds is 2. The van der Waals surface area contributed by atoms with E-state index in [-0.39, 0.29) is 41.9 Å². The third-order valence-corrected chi connectivity index (χ3v) is 4.11. The summed E-state index contributed by atoms with van der Waals surface area (Å²) in [6, 6.07) is 5.46. The summed E-state index contributed by atoms with van der Waals surface area (Å²) in [4.78, 5) is 13.9. The van der Waals surface area contributed by atoms with Gasteiger partial charge in [-0.05, 0) is 43.0 Å². The lowest BCUT2D eigenvalue weighted by Crippen LogP contribution is -2.29. The van der Waals surface area contributed by atoms with Crippen molar-refractivity contribution in [1.29, 1.82) is 0 Å². The maximum Gasteiger partial charge on any atom is 0.573 e. The van der Waals surface area contributed by atoms with Gasteiger partial charge >= 0.3 is 6.36 Å². The van der Waals surface area contributed by atoms with Crippen LogP contribution < -0.4 is 15.4 Å². The van der Waals surface area contributed by atoms with E-state index in [1.165, 1.54) is 24.3 Å². The molecule has 122 valence electrons. The minimum atomic E-state index is -4.71. The quantitative estimate of drug-likeness (QED) is 0.903. The van der Waals surface area contributed by atoms with Gasteiger partial charge in [-0.15, -0.1) is 25.6 Å². The highest BCUT2D eigenvalue weighted by Gasteiger charge is 2.46. The zero-order valence-electron chi connectivity index (χ0n) is 11.5. The number of nitrogens with zero attached hydrogens (tertiary/aromatic N) is 1. The Morgan fingerprint density at radius 2 is 1.82 bits per heavy atom. The first-order chi connectivity index (χ1) is 9.83. The molecule has 0 spiro atoms. The largest absolute Gasteiger partial charge is 0.573 e. The van der Waals surface area contributed by atoms with E-state index < -0.39 is 6.36 Å². The second-order valence-corrected chi connectivity index (χ2v) is 5.59. The average Bonchev–Trinajstić information content (AvgIpc) is 2.87. The first kappa shape index (κ1) is 16.9. The Labute approximate surface area is 131 Å². The molecule has 1 amide bonds. The Hall–Kier alpha value is -1.47. The molecule has 1 aliphatic carbocycles. The zero-order valence-corrected chi connectivity index (χ0v) is 12.4. The molecule has 22 heavy (non-hydrogen) atoms. The zero-order chi connectivity index (χ0) is 15.2. The van der Waals surface area contributed by atoms with Crippen LogP contribution in [0, 0.1) is 11.8 Å². The van der Waals surface area contributed by atoms with Crippen LogP contribution in [0.15, 0.2) is 24.3 Å². The van der Waals surface area contributed by atoms with Gasteiger partial charge in [0, 0.05) is 24.2 Å². The van der Waals surface area contributed by atoms with Crippen LogP contribution in [0.5, 0.6) is 5.75 Å². The number of carbonyl (C=O) groups is 1. The van der Waals surface area contributed by atoms with E-state index in [4.69, 9.17) is 5.73 Å². The van der Waals surface area contributed by atoms with Crippen LogP contribution in [0.3, 0.4) is 0 Å². The first-order valence-corrected chi connectivity index (χ1v) is 6.76. The Morgan fingerprint density at radius 3 is 2.36 bits per heavy atom. The molecule has 1 aromatic rings. The van der Waals surface area contributed by atoms with Crippen LogP contribution >= 0.6 is 12.4 Å². The van der Waals surface area contributed by atoms with E-state index in [1.54, 1.807) is 4.90 Å². The normalized spacial score (nSPS) is 27.5. The van der Waals surface area contributed by atoms with Gasteiger partial charge in [0.2, 0.25) is 5.91 Å². The lowest BCUT2D eigenvalue weighted by molar-refractivity contribution is -0.274. The number of nitrogens with two attached hydrogens (primary N) is 1. The second kappa shape index (κ2) is 5.96. The highest BCUT2D eigenvalue weighted by atomic mass is 35.5. The SMILES string of the molecule is Cl.NC1CC2CN(c3ccc(OC(F)(F)F)cc3)C(=O)C2C1. The van der Waals surface area contributed by atoms with Gasteiger partial charge in [0.05, 0.1) is 0 Å². The predicted octanol–water partition coefficient (Wildman–Crippen LogP) is 2.71. The van der Waals surface area contributed by atoms with Crippen LogP contribution in [0.1, 0.15) is 12.8 Å². The molecule has 3 atom stereocenters. The molecule has 2 fully saturated rings. The predicted molar refractivity (Wildman–Crippen MR) is 76.9 cm³/mol. The average molecular weight is 337 g/mol. The standard InChI is InChI=1S/C14H15F3N2O2.ClH/c15-14(16,17)21-11-3-1-10(2-4-11)19-7-8-5-9(18)6-12(8)13(19)20;/h1-4,8-9,12H,5-7,18H2;1H. The van der Waals surface area contributed by atoms with Gasteiger partial charge in [-0.2, -0.15) is 0 Å². The minimum Gasteiger partial charge on any atom is -0.406 e. The van der Waals surface area contributed by atoms with Gasteiger partial charge in [0.15, 0.2) is 0 Å². The first-order valence-electron chi connectivity index (χ1n) is 6.76. The molecule has 0 radical (unpaired) electrons. The van der Waals surface area contributed by atoms with Gasteiger partial charge in [-0.25, -0.2) is 0 Å². The van der Waals surface area contributed by atoms with Crippen molar-refractivity contribution in [2.24, 2.45) is 17.6 Å². The van der Waals surface area contributed by atoms with E-state index in [2.05, 4.69) is 4.74 Å². The van der Waals surface area contributed by atoms with Crippen molar-refractivity contribution in [2.75, 3.05) is 11.4 Å². The molecular formula is C14H16ClF3N2O2. The van der Waals surface area contributed by atoms with Crippen molar-refractivity contribution in [2.45, 2.75) is 25.2 Å². The number of benzene rings is 1. The van der Waals surface area contributed by atoms with Crippen molar-refractivity contribution in [1.82, 2.24) is 0 Å². The number of amides is 1. The Kier molecular flexibility index (Phi) is 4.58. The highest BCUT2D eigenvalue weighted by molar-refractivity contribution is 5.97. The molecule has 0 aromatic heterocycles. The van der Waals surface area contributed by atoms with Crippen molar-refractivity contribution < 1.29 is 22.7 Å². The van der Waals surface area contributed by atoms with Crippen molar-refractivity contribution in [3.05, 3.63) is 24.3 Å². The fourth-order valence-corrected chi connectivity index (χ4v) is 3.26. The van der Waals surface area contributed by atoms with Crippen LogP contribution in [0.2, 0.25) is 0 Å². The van der Waals surface area contributed by atoms with Crippen LogP contribution in [-0.2, 0) is 4.79 Å². The summed E-state index contributed by atoms with van der Waals surface area (Å²) in [7, 11) is 0. The monoisotopic (exact) mass is 336 g/mol. The molecular weight excluding hydrogens is 321 g/mol. The lowest BCUT2D eigenvalue weighted by Gasteiger charge is -2.19. The topological polar surface area (TPSA) is 55.6 Å². The molecule has 1 saturated heterocycles. The molecule has 3 rings (SSSR count). The molecule has 1 aliphatic heterocycles. The molecule has 1 saturated carbocycles. The summed E-state index contributed by atoms with van der Waals surface area (Å²) in [5.41, 5.74) is 6.45. The summed E-state index contributed by atoms with van der Waals surface area (Å²) >= 11 is 0. The van der Waals surface area contributed by atoms with Crippen LogP contribution in [-0.4, -0.2) is 24.9 Å². The summed E-state index contributed by atoms with van der Waals surface area (Å²) in [5.74, 6) is -0.0812. The Morgan fingerprint density at radius 1 is 1.18 bits per heavy atom.